The number of ether oxygens (including phenoxy) is 2. The maximum Gasteiger partial charge on any atom is 0.298 e. The van der Waals surface area contributed by atoms with Crippen LogP contribution in [0.3, 0.4) is 0 Å². The highest BCUT2D eigenvalue weighted by molar-refractivity contribution is 7.86. The molecule has 0 amide bonds. The first kappa shape index (κ1) is 29.4. The van der Waals surface area contributed by atoms with Gasteiger partial charge in [0.05, 0.1) is 0 Å². The minimum absolute atomic E-state index is 0.0425. The van der Waals surface area contributed by atoms with Crippen LogP contribution in [0.2, 0.25) is 0 Å². The van der Waals surface area contributed by atoms with Crippen molar-refractivity contribution in [2.45, 2.75) is 83.1 Å². The quantitative estimate of drug-likeness (QED) is 0.186. The Morgan fingerprint density at radius 3 is 1.74 bits per heavy atom. The van der Waals surface area contributed by atoms with Crippen molar-refractivity contribution >= 4 is 15.9 Å². The molecule has 3 rings (SSSR count). The SMILES string of the molecule is CCC(C)(CC)Oc1ccc(Oc2ccc(C(=O)c3ccc(C(C)(CC)CC)cc3)cc2)c(S(=O)(=O)O)c1. The highest BCUT2D eigenvalue weighted by Crippen LogP contribution is 2.35. The van der Waals surface area contributed by atoms with Crippen LogP contribution in [0.4, 0.5) is 0 Å². The molecule has 3 aromatic rings. The second-order valence-corrected chi connectivity index (χ2v) is 11.5. The number of rotatable bonds is 12. The Bertz CT molecular complexity index is 1350. The van der Waals surface area contributed by atoms with Crippen LogP contribution < -0.4 is 9.47 Å². The van der Waals surface area contributed by atoms with Crippen LogP contribution in [0, 0.1) is 0 Å². The molecule has 0 bridgehead atoms. The second-order valence-electron chi connectivity index (χ2n) is 10.1. The number of carbonyl (C=O) groups excluding carboxylic acids is 1. The van der Waals surface area contributed by atoms with Crippen molar-refractivity contribution in [1.29, 1.82) is 0 Å². The van der Waals surface area contributed by atoms with Gasteiger partial charge >= 0.3 is 0 Å². The summed E-state index contributed by atoms with van der Waals surface area (Å²) in [5, 5.41) is 0. The van der Waals surface area contributed by atoms with Gasteiger partial charge in [-0.2, -0.15) is 8.42 Å². The Morgan fingerprint density at radius 1 is 0.763 bits per heavy atom. The van der Waals surface area contributed by atoms with Gasteiger partial charge in [-0.05, 0) is 80.0 Å². The first-order valence-corrected chi connectivity index (χ1v) is 14.6. The Hall–Kier alpha value is -3.16. The fourth-order valence-corrected chi connectivity index (χ4v) is 4.80. The molecule has 0 aliphatic heterocycles. The van der Waals surface area contributed by atoms with Gasteiger partial charge in [0.2, 0.25) is 0 Å². The van der Waals surface area contributed by atoms with Gasteiger partial charge in [0, 0.05) is 17.2 Å². The summed E-state index contributed by atoms with van der Waals surface area (Å²) < 4.78 is 45.8. The third-order valence-electron chi connectivity index (χ3n) is 7.80. The lowest BCUT2D eigenvalue weighted by molar-refractivity contribution is 0.0798. The predicted octanol–water partition coefficient (Wildman–Crippen LogP) is 7.99. The van der Waals surface area contributed by atoms with Crippen LogP contribution in [0.1, 0.15) is 88.7 Å². The highest BCUT2D eigenvalue weighted by atomic mass is 32.2. The summed E-state index contributed by atoms with van der Waals surface area (Å²) >= 11 is 0. The fraction of sp³-hybridized carbons (Fsp3) is 0.387. The van der Waals surface area contributed by atoms with Crippen LogP contribution in [-0.2, 0) is 15.5 Å². The largest absolute Gasteiger partial charge is 0.488 e. The molecular formula is C31H38O6S. The lowest BCUT2D eigenvalue weighted by atomic mass is 9.77. The molecule has 0 aromatic heterocycles. The van der Waals surface area contributed by atoms with Crippen molar-refractivity contribution in [2.24, 2.45) is 0 Å². The minimum Gasteiger partial charge on any atom is -0.488 e. The summed E-state index contributed by atoms with van der Waals surface area (Å²) in [6.45, 7) is 12.5. The van der Waals surface area contributed by atoms with Crippen LogP contribution in [0.15, 0.2) is 71.6 Å². The fourth-order valence-electron chi connectivity index (χ4n) is 4.17. The molecule has 0 atom stereocenters. The van der Waals surface area contributed by atoms with Gasteiger partial charge in [0.15, 0.2) is 5.78 Å². The van der Waals surface area contributed by atoms with Crippen molar-refractivity contribution in [3.63, 3.8) is 0 Å². The van der Waals surface area contributed by atoms with Crippen LogP contribution >= 0.6 is 0 Å². The Morgan fingerprint density at radius 2 is 1.26 bits per heavy atom. The Kier molecular flexibility index (Phi) is 9.05. The minimum atomic E-state index is -4.58. The van der Waals surface area contributed by atoms with Gasteiger partial charge in [-0.3, -0.25) is 9.35 Å². The first-order valence-electron chi connectivity index (χ1n) is 13.1. The summed E-state index contributed by atoms with van der Waals surface area (Å²) in [5.74, 6) is 0.484. The van der Waals surface area contributed by atoms with Gasteiger partial charge in [0.1, 0.15) is 27.7 Å². The molecule has 0 radical (unpaired) electrons. The van der Waals surface area contributed by atoms with E-state index in [9.17, 15) is 17.8 Å². The number of hydrogen-bond acceptors (Lipinski definition) is 5. The third-order valence-corrected chi connectivity index (χ3v) is 8.68. The Labute approximate surface area is 226 Å². The lowest BCUT2D eigenvalue weighted by Gasteiger charge is -2.28. The van der Waals surface area contributed by atoms with Crippen LogP contribution in [-0.4, -0.2) is 24.4 Å². The van der Waals surface area contributed by atoms with Gasteiger partial charge in [0.25, 0.3) is 10.1 Å². The van der Waals surface area contributed by atoms with E-state index in [2.05, 4.69) is 20.8 Å². The molecule has 6 nitrogen and oxygen atoms in total. The highest BCUT2D eigenvalue weighted by Gasteiger charge is 2.25. The topological polar surface area (TPSA) is 89.9 Å². The molecular weight excluding hydrogens is 500 g/mol. The van der Waals surface area contributed by atoms with E-state index >= 15 is 0 Å². The normalized spacial score (nSPS) is 12.3. The molecule has 3 aromatic carbocycles. The van der Waals surface area contributed by atoms with E-state index < -0.39 is 20.6 Å². The molecule has 0 saturated heterocycles. The zero-order chi connectivity index (χ0) is 28.1. The Balaban J connectivity index is 1.81. The van der Waals surface area contributed by atoms with E-state index in [0.717, 1.165) is 25.7 Å². The van der Waals surface area contributed by atoms with E-state index in [1.165, 1.54) is 17.7 Å². The molecule has 204 valence electrons. The summed E-state index contributed by atoms with van der Waals surface area (Å²) in [5.41, 5.74) is 1.90. The second kappa shape index (κ2) is 11.7. The monoisotopic (exact) mass is 538 g/mol. The zero-order valence-electron chi connectivity index (χ0n) is 23.1. The molecule has 0 aliphatic carbocycles. The molecule has 0 fully saturated rings. The van der Waals surface area contributed by atoms with Crippen LogP contribution in [0.25, 0.3) is 0 Å². The third kappa shape index (κ3) is 6.63. The van der Waals surface area contributed by atoms with E-state index in [-0.39, 0.29) is 16.9 Å². The zero-order valence-corrected chi connectivity index (χ0v) is 23.9. The van der Waals surface area contributed by atoms with Gasteiger partial charge in [-0.1, -0.05) is 58.9 Å². The maximum absolute atomic E-state index is 13.0. The molecule has 1 N–H and O–H groups in total. The van der Waals surface area contributed by atoms with Crippen molar-refractivity contribution in [2.75, 3.05) is 0 Å². The van der Waals surface area contributed by atoms with E-state index in [1.54, 1.807) is 30.3 Å². The van der Waals surface area contributed by atoms with Crippen molar-refractivity contribution in [3.05, 3.63) is 83.4 Å². The van der Waals surface area contributed by atoms with E-state index in [4.69, 9.17) is 9.47 Å². The summed E-state index contributed by atoms with van der Waals surface area (Å²) in [6.07, 6.45) is 3.50. The summed E-state index contributed by atoms with van der Waals surface area (Å²) in [4.78, 5) is 12.6. The summed E-state index contributed by atoms with van der Waals surface area (Å²) in [6, 6.07) is 18.5. The van der Waals surface area contributed by atoms with Gasteiger partial charge in [-0.25, -0.2) is 0 Å². The van der Waals surface area contributed by atoms with Crippen molar-refractivity contribution in [3.8, 4) is 17.2 Å². The van der Waals surface area contributed by atoms with Gasteiger partial charge in [-0.15, -0.1) is 0 Å². The average Bonchev–Trinajstić information content (AvgIpc) is 2.93. The molecule has 7 heteroatoms. The molecule has 0 heterocycles. The predicted molar refractivity (Wildman–Crippen MR) is 150 cm³/mol. The molecule has 0 spiro atoms. The molecule has 0 unspecified atom stereocenters. The number of hydrogen-bond donors (Lipinski definition) is 1. The smallest absolute Gasteiger partial charge is 0.298 e. The average molecular weight is 539 g/mol. The summed E-state index contributed by atoms with van der Waals surface area (Å²) in [7, 11) is -4.58. The standard InChI is InChI=1S/C31H38O6S/c1-7-30(5,8-2)24-15-11-22(12-16-24)29(32)23-13-17-25(18-14-23)36-27-20-19-26(21-28(27)38(33,34)35)37-31(6,9-3)10-4/h11-21H,7-10H2,1-6H3,(H,33,34,35). The number of carbonyl (C=O) groups is 1. The number of benzene rings is 3. The number of ketones is 1. The molecule has 0 saturated carbocycles. The first-order chi connectivity index (χ1) is 17.9. The lowest BCUT2D eigenvalue weighted by Crippen LogP contribution is -2.30. The molecule has 0 aliphatic rings. The maximum atomic E-state index is 13.0. The van der Waals surface area contributed by atoms with Crippen molar-refractivity contribution < 1.29 is 27.2 Å². The molecule has 38 heavy (non-hydrogen) atoms. The van der Waals surface area contributed by atoms with Crippen molar-refractivity contribution in [1.82, 2.24) is 0 Å². The van der Waals surface area contributed by atoms with E-state index in [1.807, 2.05) is 45.0 Å². The van der Waals surface area contributed by atoms with Crippen LogP contribution in [0.5, 0.6) is 17.2 Å². The van der Waals surface area contributed by atoms with E-state index in [0.29, 0.717) is 22.6 Å². The van der Waals surface area contributed by atoms with Gasteiger partial charge < -0.3 is 9.47 Å².